The van der Waals surface area contributed by atoms with Gasteiger partial charge in [-0.2, -0.15) is 0 Å². The van der Waals surface area contributed by atoms with Crippen LogP contribution in [0.25, 0.3) is 0 Å². The molecule has 15 heavy (non-hydrogen) atoms. The highest BCUT2D eigenvalue weighted by Crippen LogP contribution is 2.17. The molecule has 1 fully saturated rings. The molecule has 0 bridgehead atoms. The predicted octanol–water partition coefficient (Wildman–Crippen LogP) is -0.0902. The Balaban J connectivity index is 2.31. The molecule has 0 spiro atoms. The van der Waals surface area contributed by atoms with Crippen molar-refractivity contribution in [1.29, 1.82) is 0 Å². The first-order valence-electron chi connectivity index (χ1n) is 5.77. The van der Waals surface area contributed by atoms with Gasteiger partial charge in [-0.25, -0.2) is 0 Å². The van der Waals surface area contributed by atoms with Crippen molar-refractivity contribution in [3.8, 4) is 0 Å². The van der Waals surface area contributed by atoms with Crippen LogP contribution in [0.2, 0.25) is 0 Å². The molecule has 0 aliphatic carbocycles. The number of nitrogens with one attached hydrogen (secondary N) is 2. The van der Waals surface area contributed by atoms with Crippen LogP contribution in [0, 0.1) is 11.8 Å². The van der Waals surface area contributed by atoms with Gasteiger partial charge in [0.25, 0.3) is 0 Å². The van der Waals surface area contributed by atoms with Crippen LogP contribution in [0.4, 0.5) is 0 Å². The number of hydrogen-bond donors (Lipinski definition) is 2. The lowest BCUT2D eigenvalue weighted by atomic mass is 9.97. The standard InChI is InChI=1S/C11H23N3O/c1-9-7-13-8-10(9)11(15)14(3)6-4-5-12-2/h9-10,12-13H,4-8H2,1-3H3. The maximum absolute atomic E-state index is 12.0. The Kier molecular flexibility index (Phi) is 5.05. The van der Waals surface area contributed by atoms with Gasteiger partial charge >= 0.3 is 0 Å². The molecule has 0 aromatic carbocycles. The number of hydrogen-bond acceptors (Lipinski definition) is 3. The zero-order chi connectivity index (χ0) is 11.3. The molecule has 1 aliphatic heterocycles. The van der Waals surface area contributed by atoms with Gasteiger partial charge in [0.1, 0.15) is 0 Å². The highest BCUT2D eigenvalue weighted by atomic mass is 16.2. The monoisotopic (exact) mass is 213 g/mol. The molecule has 1 heterocycles. The van der Waals surface area contributed by atoms with E-state index < -0.39 is 0 Å². The molecule has 0 aromatic rings. The first-order chi connectivity index (χ1) is 7.16. The summed E-state index contributed by atoms with van der Waals surface area (Å²) in [5.74, 6) is 0.956. The zero-order valence-electron chi connectivity index (χ0n) is 10.0. The molecular formula is C11H23N3O. The van der Waals surface area contributed by atoms with E-state index in [0.717, 1.165) is 32.6 Å². The summed E-state index contributed by atoms with van der Waals surface area (Å²) in [4.78, 5) is 13.9. The molecule has 4 nitrogen and oxygen atoms in total. The van der Waals surface area contributed by atoms with Gasteiger partial charge in [0.2, 0.25) is 5.91 Å². The summed E-state index contributed by atoms with van der Waals surface area (Å²) in [7, 11) is 3.84. The van der Waals surface area contributed by atoms with Crippen LogP contribution in [0.3, 0.4) is 0 Å². The van der Waals surface area contributed by atoms with E-state index in [-0.39, 0.29) is 5.92 Å². The van der Waals surface area contributed by atoms with Gasteiger partial charge in [0.15, 0.2) is 0 Å². The molecule has 0 radical (unpaired) electrons. The number of rotatable bonds is 5. The molecule has 1 aliphatic rings. The van der Waals surface area contributed by atoms with Crippen LogP contribution in [-0.2, 0) is 4.79 Å². The minimum absolute atomic E-state index is 0.185. The molecule has 4 heteroatoms. The molecule has 2 atom stereocenters. The summed E-state index contributed by atoms with van der Waals surface area (Å²) >= 11 is 0. The van der Waals surface area contributed by atoms with Crippen molar-refractivity contribution in [2.75, 3.05) is 40.3 Å². The lowest BCUT2D eigenvalue weighted by molar-refractivity contribution is -0.134. The van der Waals surface area contributed by atoms with Crippen LogP contribution >= 0.6 is 0 Å². The van der Waals surface area contributed by atoms with E-state index in [9.17, 15) is 4.79 Å². The van der Waals surface area contributed by atoms with Gasteiger partial charge < -0.3 is 15.5 Å². The van der Waals surface area contributed by atoms with Crippen molar-refractivity contribution in [1.82, 2.24) is 15.5 Å². The molecule has 88 valence electrons. The average Bonchev–Trinajstić information content (AvgIpc) is 2.63. The van der Waals surface area contributed by atoms with E-state index in [1.807, 2.05) is 19.0 Å². The highest BCUT2D eigenvalue weighted by molar-refractivity contribution is 5.79. The van der Waals surface area contributed by atoms with Crippen LogP contribution in [0.15, 0.2) is 0 Å². The van der Waals surface area contributed by atoms with Gasteiger partial charge in [-0.3, -0.25) is 4.79 Å². The van der Waals surface area contributed by atoms with E-state index in [1.54, 1.807) is 0 Å². The Hall–Kier alpha value is -0.610. The second-order valence-corrected chi connectivity index (χ2v) is 4.46. The fourth-order valence-corrected chi connectivity index (χ4v) is 2.03. The predicted molar refractivity (Wildman–Crippen MR) is 61.7 cm³/mol. The minimum Gasteiger partial charge on any atom is -0.345 e. The number of amides is 1. The molecule has 2 unspecified atom stereocenters. The van der Waals surface area contributed by atoms with E-state index >= 15 is 0 Å². The average molecular weight is 213 g/mol. The smallest absolute Gasteiger partial charge is 0.227 e. The van der Waals surface area contributed by atoms with Crippen LogP contribution in [0.1, 0.15) is 13.3 Å². The fraction of sp³-hybridized carbons (Fsp3) is 0.909. The second-order valence-electron chi connectivity index (χ2n) is 4.46. The normalized spacial score (nSPS) is 25.5. The van der Waals surface area contributed by atoms with Crippen LogP contribution in [-0.4, -0.2) is 51.1 Å². The SMILES string of the molecule is CNCCCN(C)C(=O)C1CNCC1C. The van der Waals surface area contributed by atoms with E-state index in [1.165, 1.54) is 0 Å². The third kappa shape index (κ3) is 3.47. The first kappa shape index (κ1) is 12.5. The Morgan fingerprint density at radius 1 is 1.53 bits per heavy atom. The van der Waals surface area contributed by atoms with Gasteiger partial charge in [0, 0.05) is 20.1 Å². The first-order valence-corrected chi connectivity index (χ1v) is 5.77. The third-order valence-corrected chi connectivity index (χ3v) is 3.13. The lowest BCUT2D eigenvalue weighted by Gasteiger charge is -2.22. The highest BCUT2D eigenvalue weighted by Gasteiger charge is 2.31. The van der Waals surface area contributed by atoms with Crippen molar-refractivity contribution >= 4 is 5.91 Å². The summed E-state index contributed by atoms with van der Waals surface area (Å²) < 4.78 is 0. The Bertz CT molecular complexity index is 208. The zero-order valence-corrected chi connectivity index (χ0v) is 10.0. The summed E-state index contributed by atoms with van der Waals surface area (Å²) in [6.07, 6.45) is 1.02. The lowest BCUT2D eigenvalue weighted by Crippen LogP contribution is -2.37. The van der Waals surface area contributed by atoms with E-state index in [4.69, 9.17) is 0 Å². The van der Waals surface area contributed by atoms with Crippen molar-refractivity contribution in [2.45, 2.75) is 13.3 Å². The number of nitrogens with zero attached hydrogens (tertiary/aromatic N) is 1. The van der Waals surface area contributed by atoms with Gasteiger partial charge in [-0.05, 0) is 32.5 Å². The Labute approximate surface area is 92.4 Å². The maximum atomic E-state index is 12.0. The quantitative estimate of drug-likeness (QED) is 0.627. The van der Waals surface area contributed by atoms with Crippen molar-refractivity contribution < 1.29 is 4.79 Å². The molecule has 1 amide bonds. The minimum atomic E-state index is 0.185. The topological polar surface area (TPSA) is 44.4 Å². The Morgan fingerprint density at radius 2 is 2.27 bits per heavy atom. The van der Waals surface area contributed by atoms with Gasteiger partial charge in [-0.15, -0.1) is 0 Å². The van der Waals surface area contributed by atoms with Gasteiger partial charge in [-0.1, -0.05) is 6.92 Å². The largest absolute Gasteiger partial charge is 0.345 e. The van der Waals surface area contributed by atoms with Gasteiger partial charge in [0.05, 0.1) is 5.92 Å². The van der Waals surface area contributed by atoms with E-state index in [0.29, 0.717) is 11.8 Å². The van der Waals surface area contributed by atoms with E-state index in [2.05, 4.69) is 17.6 Å². The van der Waals surface area contributed by atoms with Crippen LogP contribution < -0.4 is 10.6 Å². The number of carbonyl (C=O) groups excluding carboxylic acids is 1. The summed E-state index contributed by atoms with van der Waals surface area (Å²) in [5.41, 5.74) is 0. The third-order valence-electron chi connectivity index (χ3n) is 3.13. The molecule has 1 saturated heterocycles. The second kappa shape index (κ2) is 6.08. The maximum Gasteiger partial charge on any atom is 0.227 e. The summed E-state index contributed by atoms with van der Waals surface area (Å²) in [6.45, 7) is 5.78. The molecule has 0 saturated carbocycles. The molecule has 2 N–H and O–H groups in total. The van der Waals surface area contributed by atoms with Crippen molar-refractivity contribution in [3.05, 3.63) is 0 Å². The summed E-state index contributed by atoms with van der Waals surface area (Å²) in [6, 6.07) is 0. The molecular weight excluding hydrogens is 190 g/mol. The molecule has 1 rings (SSSR count). The van der Waals surface area contributed by atoms with Crippen molar-refractivity contribution in [2.24, 2.45) is 11.8 Å². The summed E-state index contributed by atoms with van der Waals surface area (Å²) in [5, 5.41) is 6.36. The number of carbonyl (C=O) groups is 1. The fourth-order valence-electron chi connectivity index (χ4n) is 2.03. The van der Waals surface area contributed by atoms with Crippen molar-refractivity contribution in [3.63, 3.8) is 0 Å². The Morgan fingerprint density at radius 3 is 2.80 bits per heavy atom. The molecule has 0 aromatic heterocycles. The van der Waals surface area contributed by atoms with Crippen LogP contribution in [0.5, 0.6) is 0 Å².